The number of carbonyl (C=O) groups excluding carboxylic acids is 1. The van der Waals surface area contributed by atoms with Crippen LogP contribution in [-0.4, -0.2) is 28.6 Å². The average molecular weight is 357 g/mol. The molecule has 0 saturated heterocycles. The van der Waals surface area contributed by atoms with Gasteiger partial charge < -0.3 is 10.1 Å². The molecule has 0 atom stereocenters. The van der Waals surface area contributed by atoms with E-state index in [0.717, 1.165) is 12.0 Å². The lowest BCUT2D eigenvalue weighted by atomic mass is 10.2. The normalized spacial score (nSPS) is 10.9. The maximum Gasteiger partial charge on any atom is 0.271 e. The molecule has 0 spiro atoms. The SMILES string of the molecule is O=C(Cn1cnc2ccsc2c1=O)NCCCOCc1ccccc1. The zero-order chi connectivity index (χ0) is 17.5. The molecule has 0 bridgehead atoms. The Bertz CT molecular complexity index is 889. The van der Waals surface area contributed by atoms with Crippen molar-refractivity contribution in [3.8, 4) is 0 Å². The van der Waals surface area contributed by atoms with E-state index in [-0.39, 0.29) is 18.0 Å². The minimum Gasteiger partial charge on any atom is -0.377 e. The molecule has 2 heterocycles. The molecular formula is C18H19N3O3S. The van der Waals surface area contributed by atoms with Crippen molar-refractivity contribution >= 4 is 27.5 Å². The molecule has 7 heteroatoms. The smallest absolute Gasteiger partial charge is 0.271 e. The fourth-order valence-corrected chi connectivity index (χ4v) is 3.16. The fourth-order valence-electron chi connectivity index (χ4n) is 2.37. The van der Waals surface area contributed by atoms with Gasteiger partial charge in [0.25, 0.3) is 5.56 Å². The van der Waals surface area contributed by atoms with Gasteiger partial charge in [0.05, 0.1) is 18.5 Å². The minimum atomic E-state index is -0.206. The number of hydrogen-bond donors (Lipinski definition) is 1. The fraction of sp³-hybridized carbons (Fsp3) is 0.278. The van der Waals surface area contributed by atoms with Crippen molar-refractivity contribution in [1.82, 2.24) is 14.9 Å². The van der Waals surface area contributed by atoms with Crippen LogP contribution in [0, 0.1) is 0 Å². The summed E-state index contributed by atoms with van der Waals surface area (Å²) in [5.41, 5.74) is 1.62. The summed E-state index contributed by atoms with van der Waals surface area (Å²) in [6, 6.07) is 11.7. The summed E-state index contributed by atoms with van der Waals surface area (Å²) in [4.78, 5) is 28.3. The van der Waals surface area contributed by atoms with Crippen LogP contribution >= 0.6 is 11.3 Å². The standard InChI is InChI=1S/C18H19N3O3S/c22-16(11-21-13-20-15-7-10-25-17(15)18(21)23)19-8-4-9-24-12-14-5-2-1-3-6-14/h1-3,5-7,10,13H,4,8-9,11-12H2,(H,19,22). The number of hydrogen-bond acceptors (Lipinski definition) is 5. The first-order valence-corrected chi connectivity index (χ1v) is 8.93. The number of rotatable bonds is 8. The average Bonchev–Trinajstić information content (AvgIpc) is 3.11. The molecule has 0 fully saturated rings. The van der Waals surface area contributed by atoms with Crippen molar-refractivity contribution in [3.05, 3.63) is 64.0 Å². The van der Waals surface area contributed by atoms with Crippen molar-refractivity contribution in [2.75, 3.05) is 13.2 Å². The minimum absolute atomic E-state index is 0.0233. The molecule has 0 unspecified atom stereocenters. The van der Waals surface area contributed by atoms with Crippen LogP contribution in [0.3, 0.4) is 0 Å². The lowest BCUT2D eigenvalue weighted by Crippen LogP contribution is -2.33. The van der Waals surface area contributed by atoms with Crippen LogP contribution in [0.1, 0.15) is 12.0 Å². The summed E-state index contributed by atoms with van der Waals surface area (Å²) in [6.45, 7) is 1.62. The number of ether oxygens (including phenoxy) is 1. The molecular weight excluding hydrogens is 338 g/mol. The molecule has 0 aliphatic rings. The van der Waals surface area contributed by atoms with Gasteiger partial charge in [-0.15, -0.1) is 11.3 Å². The molecule has 0 saturated carbocycles. The van der Waals surface area contributed by atoms with Gasteiger partial charge >= 0.3 is 0 Å². The van der Waals surface area contributed by atoms with Crippen LogP contribution < -0.4 is 10.9 Å². The maximum atomic E-state index is 12.2. The van der Waals surface area contributed by atoms with Crippen molar-refractivity contribution in [2.45, 2.75) is 19.6 Å². The van der Waals surface area contributed by atoms with E-state index in [9.17, 15) is 9.59 Å². The number of nitrogens with one attached hydrogen (secondary N) is 1. The zero-order valence-corrected chi connectivity index (χ0v) is 14.5. The maximum absolute atomic E-state index is 12.2. The molecule has 6 nitrogen and oxygen atoms in total. The Balaban J connectivity index is 1.38. The monoisotopic (exact) mass is 357 g/mol. The van der Waals surface area contributed by atoms with Gasteiger partial charge in [-0.3, -0.25) is 14.2 Å². The largest absolute Gasteiger partial charge is 0.377 e. The molecule has 2 aromatic heterocycles. The van der Waals surface area contributed by atoms with Crippen molar-refractivity contribution < 1.29 is 9.53 Å². The van der Waals surface area contributed by atoms with E-state index in [1.807, 2.05) is 35.7 Å². The molecule has 1 amide bonds. The highest BCUT2D eigenvalue weighted by Crippen LogP contribution is 2.12. The zero-order valence-electron chi connectivity index (χ0n) is 13.7. The number of carbonyl (C=O) groups is 1. The molecule has 0 aliphatic carbocycles. The molecule has 0 radical (unpaired) electrons. The second-order valence-electron chi connectivity index (χ2n) is 5.55. The lowest BCUT2D eigenvalue weighted by Gasteiger charge is -2.08. The van der Waals surface area contributed by atoms with Gasteiger partial charge in [0.1, 0.15) is 11.2 Å². The lowest BCUT2D eigenvalue weighted by molar-refractivity contribution is -0.121. The quantitative estimate of drug-likeness (QED) is 0.627. The molecule has 1 N–H and O–H groups in total. The third kappa shape index (κ3) is 4.74. The van der Waals surface area contributed by atoms with E-state index in [1.165, 1.54) is 22.2 Å². The Morgan fingerprint density at radius 3 is 2.92 bits per heavy atom. The first-order valence-electron chi connectivity index (χ1n) is 8.05. The van der Waals surface area contributed by atoms with Crippen molar-refractivity contribution in [2.24, 2.45) is 0 Å². The van der Waals surface area contributed by atoms with Crippen LogP contribution in [0.15, 0.2) is 52.9 Å². The van der Waals surface area contributed by atoms with E-state index < -0.39 is 0 Å². The molecule has 1 aromatic carbocycles. The number of benzene rings is 1. The van der Waals surface area contributed by atoms with Crippen LogP contribution in [0.25, 0.3) is 10.2 Å². The van der Waals surface area contributed by atoms with Crippen LogP contribution in [0.4, 0.5) is 0 Å². The van der Waals surface area contributed by atoms with Crippen LogP contribution in [0.2, 0.25) is 0 Å². The molecule has 3 rings (SSSR count). The van der Waals surface area contributed by atoms with E-state index in [0.29, 0.717) is 30.0 Å². The molecule has 25 heavy (non-hydrogen) atoms. The van der Waals surface area contributed by atoms with Crippen molar-refractivity contribution in [3.63, 3.8) is 0 Å². The van der Waals surface area contributed by atoms with Gasteiger partial charge in [-0.1, -0.05) is 30.3 Å². The van der Waals surface area contributed by atoms with Gasteiger partial charge in [0, 0.05) is 13.2 Å². The van der Waals surface area contributed by atoms with Gasteiger partial charge in [-0.25, -0.2) is 4.98 Å². The van der Waals surface area contributed by atoms with Gasteiger partial charge in [-0.2, -0.15) is 0 Å². The topological polar surface area (TPSA) is 73.2 Å². The number of aromatic nitrogens is 2. The summed E-state index contributed by atoms with van der Waals surface area (Å²) in [5.74, 6) is -0.206. The van der Waals surface area contributed by atoms with Crippen LogP contribution in [0.5, 0.6) is 0 Å². The van der Waals surface area contributed by atoms with Crippen LogP contribution in [-0.2, 0) is 22.7 Å². The van der Waals surface area contributed by atoms with E-state index in [2.05, 4.69) is 10.3 Å². The number of amides is 1. The van der Waals surface area contributed by atoms with Gasteiger partial charge in [0.15, 0.2) is 0 Å². The first-order chi connectivity index (χ1) is 12.2. The number of fused-ring (bicyclic) bond motifs is 1. The van der Waals surface area contributed by atoms with Gasteiger partial charge in [0.2, 0.25) is 5.91 Å². The summed E-state index contributed by atoms with van der Waals surface area (Å²) in [6.07, 6.45) is 2.13. The Morgan fingerprint density at radius 1 is 1.24 bits per heavy atom. The summed E-state index contributed by atoms with van der Waals surface area (Å²) in [7, 11) is 0. The summed E-state index contributed by atoms with van der Waals surface area (Å²) < 4.78 is 7.47. The Labute approximate surface area is 149 Å². The molecule has 3 aromatic rings. The predicted molar refractivity (Wildman–Crippen MR) is 97.6 cm³/mol. The Hall–Kier alpha value is -2.51. The highest BCUT2D eigenvalue weighted by Gasteiger charge is 2.08. The summed E-state index contributed by atoms with van der Waals surface area (Å²) in [5, 5.41) is 4.61. The van der Waals surface area contributed by atoms with E-state index in [4.69, 9.17) is 4.74 Å². The highest BCUT2D eigenvalue weighted by atomic mass is 32.1. The number of nitrogens with zero attached hydrogens (tertiary/aromatic N) is 2. The summed E-state index contributed by atoms with van der Waals surface area (Å²) >= 11 is 1.34. The van der Waals surface area contributed by atoms with Crippen molar-refractivity contribution in [1.29, 1.82) is 0 Å². The third-order valence-electron chi connectivity index (χ3n) is 3.65. The molecule has 130 valence electrons. The Morgan fingerprint density at radius 2 is 2.08 bits per heavy atom. The molecule has 0 aliphatic heterocycles. The second kappa shape index (κ2) is 8.55. The van der Waals surface area contributed by atoms with E-state index >= 15 is 0 Å². The highest BCUT2D eigenvalue weighted by molar-refractivity contribution is 7.17. The Kier molecular flexibility index (Phi) is 5.92. The second-order valence-corrected chi connectivity index (χ2v) is 6.47. The van der Waals surface area contributed by atoms with Gasteiger partial charge in [-0.05, 0) is 23.4 Å². The third-order valence-corrected chi connectivity index (χ3v) is 4.54. The number of thiophene rings is 1. The first kappa shape index (κ1) is 17.3. The van der Waals surface area contributed by atoms with E-state index in [1.54, 1.807) is 6.07 Å². The predicted octanol–water partition coefficient (Wildman–Crippen LogP) is 2.18.